The molecule has 1 amide bonds. The fourth-order valence-corrected chi connectivity index (χ4v) is 1.53. The van der Waals surface area contributed by atoms with Gasteiger partial charge in [0.1, 0.15) is 5.69 Å². The topological polar surface area (TPSA) is 44.9 Å². The summed E-state index contributed by atoms with van der Waals surface area (Å²) in [7, 11) is 0. The quantitative estimate of drug-likeness (QED) is 0.793. The average Bonchev–Trinajstić information content (AvgIpc) is 2.76. The lowest BCUT2D eigenvalue weighted by Crippen LogP contribution is -2.13. The molecule has 0 aliphatic rings. The fourth-order valence-electron chi connectivity index (χ4n) is 1.53. The fraction of sp³-hybridized carbons (Fsp3) is 0.154. The van der Waals surface area contributed by atoms with Gasteiger partial charge in [-0.25, -0.2) is 0 Å². The Morgan fingerprint density at radius 2 is 2.06 bits per heavy atom. The summed E-state index contributed by atoms with van der Waals surface area (Å²) in [5.41, 5.74) is 3.62. The molecule has 3 nitrogen and oxygen atoms in total. The molecule has 0 bridgehead atoms. The summed E-state index contributed by atoms with van der Waals surface area (Å²) in [5.74, 6) is -0.112. The van der Waals surface area contributed by atoms with Gasteiger partial charge in [-0.15, -0.1) is 0 Å². The first-order chi connectivity index (χ1) is 7.66. The molecular formula is C13H14N2O. The van der Waals surface area contributed by atoms with Crippen molar-refractivity contribution in [1.82, 2.24) is 4.98 Å². The van der Waals surface area contributed by atoms with Crippen molar-refractivity contribution in [2.24, 2.45) is 0 Å². The van der Waals surface area contributed by atoms with Crippen molar-refractivity contribution in [3.63, 3.8) is 0 Å². The number of aromatic nitrogens is 1. The summed E-state index contributed by atoms with van der Waals surface area (Å²) in [6, 6.07) is 9.55. The van der Waals surface area contributed by atoms with E-state index in [1.54, 1.807) is 18.3 Å². The van der Waals surface area contributed by atoms with E-state index in [9.17, 15) is 4.79 Å². The standard InChI is InChI=1S/C13H14N2O/c1-9-5-6-10(2)12(8-9)15-13(16)11-4-3-7-14-11/h3-8,14H,1-2H3,(H,15,16). The monoisotopic (exact) mass is 214 g/mol. The maximum atomic E-state index is 11.8. The third-order valence-electron chi connectivity index (χ3n) is 2.48. The SMILES string of the molecule is Cc1ccc(C)c(NC(=O)c2ccc[nH]2)c1. The average molecular weight is 214 g/mol. The number of rotatable bonds is 2. The third kappa shape index (κ3) is 2.14. The van der Waals surface area contributed by atoms with Gasteiger partial charge in [-0.05, 0) is 43.2 Å². The van der Waals surface area contributed by atoms with Crippen molar-refractivity contribution in [2.45, 2.75) is 13.8 Å². The number of hydrogen-bond acceptors (Lipinski definition) is 1. The molecule has 2 rings (SSSR count). The molecule has 0 aliphatic carbocycles. The lowest BCUT2D eigenvalue weighted by Gasteiger charge is -2.08. The molecule has 2 aromatic rings. The van der Waals surface area contributed by atoms with Crippen LogP contribution in [0.3, 0.4) is 0 Å². The molecule has 16 heavy (non-hydrogen) atoms. The van der Waals surface area contributed by atoms with Gasteiger partial charge in [-0.3, -0.25) is 4.79 Å². The first-order valence-corrected chi connectivity index (χ1v) is 5.19. The highest BCUT2D eigenvalue weighted by atomic mass is 16.1. The first kappa shape index (κ1) is 10.5. The minimum Gasteiger partial charge on any atom is -0.357 e. The molecule has 0 spiro atoms. The summed E-state index contributed by atoms with van der Waals surface area (Å²) >= 11 is 0. The van der Waals surface area contributed by atoms with E-state index >= 15 is 0 Å². The normalized spacial score (nSPS) is 10.1. The van der Waals surface area contributed by atoms with Crippen molar-refractivity contribution in [2.75, 3.05) is 5.32 Å². The van der Waals surface area contributed by atoms with E-state index < -0.39 is 0 Å². The highest BCUT2D eigenvalue weighted by Crippen LogP contribution is 2.17. The van der Waals surface area contributed by atoms with Crippen molar-refractivity contribution in [3.8, 4) is 0 Å². The molecule has 0 radical (unpaired) electrons. The highest BCUT2D eigenvalue weighted by molar-refractivity contribution is 6.03. The van der Waals surface area contributed by atoms with Crippen LogP contribution < -0.4 is 5.32 Å². The van der Waals surface area contributed by atoms with Gasteiger partial charge in [0.05, 0.1) is 0 Å². The Kier molecular flexibility index (Phi) is 2.77. The van der Waals surface area contributed by atoms with E-state index in [2.05, 4.69) is 10.3 Å². The number of benzene rings is 1. The number of nitrogens with one attached hydrogen (secondary N) is 2. The summed E-state index contributed by atoms with van der Waals surface area (Å²) in [5, 5.41) is 2.88. The third-order valence-corrected chi connectivity index (χ3v) is 2.48. The van der Waals surface area contributed by atoms with Gasteiger partial charge in [0.15, 0.2) is 0 Å². The smallest absolute Gasteiger partial charge is 0.272 e. The summed E-state index contributed by atoms with van der Waals surface area (Å²) in [4.78, 5) is 14.7. The molecule has 1 heterocycles. The van der Waals surface area contributed by atoms with Crippen LogP contribution in [0.15, 0.2) is 36.5 Å². The van der Waals surface area contributed by atoms with E-state index in [1.165, 1.54) is 0 Å². The van der Waals surface area contributed by atoms with E-state index in [-0.39, 0.29) is 5.91 Å². The van der Waals surface area contributed by atoms with Crippen LogP contribution in [0.2, 0.25) is 0 Å². The first-order valence-electron chi connectivity index (χ1n) is 5.19. The molecule has 3 heteroatoms. The number of H-pyrrole nitrogens is 1. The van der Waals surface area contributed by atoms with Crippen LogP contribution in [0, 0.1) is 13.8 Å². The Balaban J connectivity index is 2.21. The zero-order valence-electron chi connectivity index (χ0n) is 9.37. The zero-order valence-corrected chi connectivity index (χ0v) is 9.37. The number of amides is 1. The predicted molar refractivity (Wildman–Crippen MR) is 64.7 cm³/mol. The summed E-state index contributed by atoms with van der Waals surface area (Å²) in [6.45, 7) is 3.98. The minimum absolute atomic E-state index is 0.112. The second-order valence-corrected chi connectivity index (χ2v) is 3.86. The van der Waals surface area contributed by atoms with Crippen LogP contribution in [0.25, 0.3) is 0 Å². The second-order valence-electron chi connectivity index (χ2n) is 3.86. The van der Waals surface area contributed by atoms with Crippen molar-refractivity contribution in [1.29, 1.82) is 0 Å². The Morgan fingerprint density at radius 1 is 1.25 bits per heavy atom. The molecule has 0 fully saturated rings. The molecule has 0 saturated carbocycles. The second kappa shape index (κ2) is 4.23. The van der Waals surface area contributed by atoms with Gasteiger partial charge in [0.25, 0.3) is 5.91 Å². The molecule has 0 aliphatic heterocycles. The van der Waals surface area contributed by atoms with Gasteiger partial charge in [0.2, 0.25) is 0 Å². The minimum atomic E-state index is -0.112. The van der Waals surface area contributed by atoms with E-state index in [0.717, 1.165) is 16.8 Å². The summed E-state index contributed by atoms with van der Waals surface area (Å²) < 4.78 is 0. The number of aryl methyl sites for hydroxylation is 2. The predicted octanol–water partition coefficient (Wildman–Crippen LogP) is 2.88. The number of carbonyl (C=O) groups excluding carboxylic acids is 1. The van der Waals surface area contributed by atoms with Crippen molar-refractivity contribution < 1.29 is 4.79 Å². The van der Waals surface area contributed by atoms with Gasteiger partial charge in [-0.2, -0.15) is 0 Å². The molecule has 82 valence electrons. The van der Waals surface area contributed by atoms with E-state index in [4.69, 9.17) is 0 Å². The van der Waals surface area contributed by atoms with E-state index in [0.29, 0.717) is 5.69 Å². The number of anilines is 1. The molecule has 0 unspecified atom stereocenters. The Labute approximate surface area is 94.5 Å². The maximum Gasteiger partial charge on any atom is 0.272 e. The van der Waals surface area contributed by atoms with Crippen LogP contribution in [0.1, 0.15) is 21.6 Å². The maximum absolute atomic E-state index is 11.8. The van der Waals surface area contributed by atoms with Gasteiger partial charge < -0.3 is 10.3 Å². The number of aromatic amines is 1. The van der Waals surface area contributed by atoms with E-state index in [1.807, 2.05) is 32.0 Å². The summed E-state index contributed by atoms with van der Waals surface area (Å²) in [6.07, 6.45) is 1.73. The molecule has 1 aromatic heterocycles. The van der Waals surface area contributed by atoms with Gasteiger partial charge >= 0.3 is 0 Å². The highest BCUT2D eigenvalue weighted by Gasteiger charge is 2.07. The lowest BCUT2D eigenvalue weighted by atomic mass is 10.1. The lowest BCUT2D eigenvalue weighted by molar-refractivity contribution is 0.102. The number of carbonyl (C=O) groups is 1. The van der Waals surface area contributed by atoms with Crippen LogP contribution in [-0.2, 0) is 0 Å². The van der Waals surface area contributed by atoms with Gasteiger partial charge in [-0.1, -0.05) is 12.1 Å². The Bertz CT molecular complexity index is 501. The van der Waals surface area contributed by atoms with Gasteiger partial charge in [0, 0.05) is 11.9 Å². The largest absolute Gasteiger partial charge is 0.357 e. The van der Waals surface area contributed by atoms with Crippen molar-refractivity contribution in [3.05, 3.63) is 53.3 Å². The molecule has 2 N–H and O–H groups in total. The van der Waals surface area contributed by atoms with Crippen LogP contribution in [0.5, 0.6) is 0 Å². The van der Waals surface area contributed by atoms with Crippen LogP contribution >= 0.6 is 0 Å². The van der Waals surface area contributed by atoms with Crippen LogP contribution in [-0.4, -0.2) is 10.9 Å². The van der Waals surface area contributed by atoms with Crippen LogP contribution in [0.4, 0.5) is 5.69 Å². The van der Waals surface area contributed by atoms with Crippen molar-refractivity contribution >= 4 is 11.6 Å². The Hall–Kier alpha value is -2.03. The Morgan fingerprint density at radius 3 is 2.75 bits per heavy atom. The molecule has 0 saturated heterocycles. The number of hydrogen-bond donors (Lipinski definition) is 2. The molecule has 0 atom stereocenters. The molecule has 1 aromatic carbocycles. The molecular weight excluding hydrogens is 200 g/mol. The zero-order chi connectivity index (χ0) is 11.5.